The van der Waals surface area contributed by atoms with Gasteiger partial charge in [-0.05, 0) is 55.5 Å². The van der Waals surface area contributed by atoms with Gasteiger partial charge in [-0.2, -0.15) is 0 Å². The normalized spacial score (nSPS) is 10.3. The van der Waals surface area contributed by atoms with Crippen LogP contribution in [0.2, 0.25) is 0 Å². The molecule has 4 rings (SSSR count). The van der Waals surface area contributed by atoms with Crippen LogP contribution < -0.4 is 16.0 Å². The number of anilines is 5. The van der Waals surface area contributed by atoms with Crippen LogP contribution in [0, 0.1) is 6.92 Å². The molecular formula is C23H20N6O. The standard InChI is InChI=1S/C23H20N6O/c1-16-5-7-17(8-6-16)23(30)28-19-11-9-18(10-12-19)27-21-14-22(26-15-25-21)29-20-4-2-3-13-24-20/h2-15H,1H3,(H,28,30)(H2,24,25,26,27,29). The van der Waals surface area contributed by atoms with Crippen LogP contribution in [-0.4, -0.2) is 20.9 Å². The van der Waals surface area contributed by atoms with Gasteiger partial charge in [0.1, 0.15) is 23.8 Å². The van der Waals surface area contributed by atoms with E-state index in [-0.39, 0.29) is 5.91 Å². The molecule has 0 saturated carbocycles. The van der Waals surface area contributed by atoms with Crippen LogP contribution in [-0.2, 0) is 0 Å². The highest BCUT2D eigenvalue weighted by Crippen LogP contribution is 2.20. The van der Waals surface area contributed by atoms with Gasteiger partial charge in [0.15, 0.2) is 0 Å². The van der Waals surface area contributed by atoms with Crippen molar-refractivity contribution in [3.05, 3.63) is 96.4 Å². The van der Waals surface area contributed by atoms with Crippen molar-refractivity contribution in [3.63, 3.8) is 0 Å². The number of nitrogens with zero attached hydrogens (tertiary/aromatic N) is 3. The summed E-state index contributed by atoms with van der Waals surface area (Å²) in [5.74, 6) is 1.83. The number of carbonyl (C=O) groups is 1. The van der Waals surface area contributed by atoms with Gasteiger partial charge < -0.3 is 16.0 Å². The molecule has 0 aliphatic rings. The van der Waals surface area contributed by atoms with Crippen molar-refractivity contribution in [2.75, 3.05) is 16.0 Å². The molecule has 30 heavy (non-hydrogen) atoms. The molecule has 4 aromatic rings. The second kappa shape index (κ2) is 8.83. The topological polar surface area (TPSA) is 91.8 Å². The Morgan fingerprint density at radius 2 is 1.43 bits per heavy atom. The number of carbonyl (C=O) groups excluding carboxylic acids is 1. The molecule has 0 radical (unpaired) electrons. The molecule has 0 saturated heterocycles. The summed E-state index contributed by atoms with van der Waals surface area (Å²) >= 11 is 0. The zero-order chi connectivity index (χ0) is 20.8. The van der Waals surface area contributed by atoms with Crippen molar-refractivity contribution in [2.45, 2.75) is 6.92 Å². The van der Waals surface area contributed by atoms with E-state index in [1.54, 1.807) is 12.3 Å². The summed E-state index contributed by atoms with van der Waals surface area (Å²) in [6, 6.07) is 22.3. The fourth-order valence-corrected chi connectivity index (χ4v) is 2.75. The van der Waals surface area contributed by atoms with E-state index >= 15 is 0 Å². The molecular weight excluding hydrogens is 376 g/mol. The highest BCUT2D eigenvalue weighted by atomic mass is 16.1. The minimum absolute atomic E-state index is 0.142. The molecule has 1 amide bonds. The van der Waals surface area contributed by atoms with E-state index in [1.165, 1.54) is 6.33 Å². The lowest BCUT2D eigenvalue weighted by molar-refractivity contribution is 0.102. The average molecular weight is 396 g/mol. The Morgan fingerprint density at radius 1 is 0.733 bits per heavy atom. The minimum Gasteiger partial charge on any atom is -0.340 e. The molecule has 0 fully saturated rings. The zero-order valence-corrected chi connectivity index (χ0v) is 16.3. The largest absolute Gasteiger partial charge is 0.340 e. The molecule has 0 aliphatic carbocycles. The van der Waals surface area contributed by atoms with Crippen LogP contribution in [0.5, 0.6) is 0 Å². The van der Waals surface area contributed by atoms with Gasteiger partial charge in [0.05, 0.1) is 0 Å². The van der Waals surface area contributed by atoms with Crippen molar-refractivity contribution in [1.82, 2.24) is 15.0 Å². The van der Waals surface area contributed by atoms with Crippen molar-refractivity contribution in [3.8, 4) is 0 Å². The summed E-state index contributed by atoms with van der Waals surface area (Å²) in [5.41, 5.74) is 3.29. The Bertz CT molecular complexity index is 1130. The lowest BCUT2D eigenvalue weighted by atomic mass is 10.1. The van der Waals surface area contributed by atoms with Gasteiger partial charge in [0, 0.05) is 29.2 Å². The third kappa shape index (κ3) is 4.96. The Kier molecular flexibility index (Phi) is 5.61. The molecule has 2 aromatic heterocycles. The van der Waals surface area contributed by atoms with Gasteiger partial charge in [0.25, 0.3) is 5.91 Å². The lowest BCUT2D eigenvalue weighted by Gasteiger charge is -2.10. The Balaban J connectivity index is 1.39. The summed E-state index contributed by atoms with van der Waals surface area (Å²) in [4.78, 5) is 25.0. The second-order valence-corrected chi connectivity index (χ2v) is 6.65. The minimum atomic E-state index is -0.142. The maximum absolute atomic E-state index is 12.3. The van der Waals surface area contributed by atoms with Crippen LogP contribution >= 0.6 is 0 Å². The van der Waals surface area contributed by atoms with E-state index in [4.69, 9.17) is 0 Å². The van der Waals surface area contributed by atoms with E-state index in [1.807, 2.05) is 73.7 Å². The van der Waals surface area contributed by atoms with Gasteiger partial charge in [-0.1, -0.05) is 23.8 Å². The first-order valence-corrected chi connectivity index (χ1v) is 9.41. The quantitative estimate of drug-likeness (QED) is 0.428. The van der Waals surface area contributed by atoms with Crippen LogP contribution in [0.4, 0.5) is 28.8 Å². The number of aromatic nitrogens is 3. The van der Waals surface area contributed by atoms with Gasteiger partial charge in [-0.15, -0.1) is 0 Å². The number of amides is 1. The summed E-state index contributed by atoms with van der Waals surface area (Å²) in [6.07, 6.45) is 3.19. The zero-order valence-electron chi connectivity index (χ0n) is 16.3. The molecule has 0 spiro atoms. The Morgan fingerprint density at radius 3 is 2.13 bits per heavy atom. The van der Waals surface area contributed by atoms with E-state index < -0.39 is 0 Å². The van der Waals surface area contributed by atoms with Gasteiger partial charge >= 0.3 is 0 Å². The molecule has 7 nitrogen and oxygen atoms in total. The molecule has 2 heterocycles. The van der Waals surface area contributed by atoms with Gasteiger partial charge in [-0.25, -0.2) is 15.0 Å². The molecule has 7 heteroatoms. The Labute approximate surface area is 174 Å². The van der Waals surface area contributed by atoms with Gasteiger partial charge in [-0.3, -0.25) is 4.79 Å². The number of nitrogens with one attached hydrogen (secondary N) is 3. The maximum atomic E-state index is 12.3. The van der Waals surface area contributed by atoms with E-state index in [0.717, 1.165) is 11.3 Å². The Hall–Kier alpha value is -4.26. The van der Waals surface area contributed by atoms with Crippen molar-refractivity contribution in [2.24, 2.45) is 0 Å². The number of benzene rings is 2. The number of hydrogen-bond acceptors (Lipinski definition) is 6. The van der Waals surface area contributed by atoms with Gasteiger partial charge in [0.2, 0.25) is 0 Å². The highest BCUT2D eigenvalue weighted by Gasteiger charge is 2.06. The first-order chi connectivity index (χ1) is 14.7. The van der Waals surface area contributed by atoms with E-state index in [2.05, 4.69) is 30.9 Å². The second-order valence-electron chi connectivity index (χ2n) is 6.65. The van der Waals surface area contributed by atoms with Crippen LogP contribution in [0.15, 0.2) is 85.3 Å². The third-order valence-corrected chi connectivity index (χ3v) is 4.32. The predicted octanol–water partition coefficient (Wildman–Crippen LogP) is 4.92. The van der Waals surface area contributed by atoms with Crippen LogP contribution in [0.3, 0.4) is 0 Å². The van der Waals surface area contributed by atoms with Crippen LogP contribution in [0.1, 0.15) is 15.9 Å². The number of hydrogen-bond donors (Lipinski definition) is 3. The fourth-order valence-electron chi connectivity index (χ4n) is 2.75. The third-order valence-electron chi connectivity index (χ3n) is 4.32. The maximum Gasteiger partial charge on any atom is 0.255 e. The molecule has 0 unspecified atom stereocenters. The number of aryl methyl sites for hydroxylation is 1. The first-order valence-electron chi connectivity index (χ1n) is 9.41. The molecule has 2 aromatic carbocycles. The summed E-state index contributed by atoms with van der Waals surface area (Å²) in [5, 5.41) is 9.25. The SMILES string of the molecule is Cc1ccc(C(=O)Nc2ccc(Nc3cc(Nc4ccccn4)ncn3)cc2)cc1. The predicted molar refractivity (Wildman–Crippen MR) is 118 cm³/mol. The molecule has 0 aliphatic heterocycles. The van der Waals surface area contributed by atoms with Crippen LogP contribution in [0.25, 0.3) is 0 Å². The van der Waals surface area contributed by atoms with Crippen molar-refractivity contribution < 1.29 is 4.79 Å². The average Bonchev–Trinajstić information content (AvgIpc) is 2.76. The smallest absolute Gasteiger partial charge is 0.255 e. The summed E-state index contributed by atoms with van der Waals surface area (Å²) in [7, 11) is 0. The monoisotopic (exact) mass is 396 g/mol. The molecule has 0 bridgehead atoms. The van der Waals surface area contributed by atoms with E-state index in [0.29, 0.717) is 28.7 Å². The molecule has 3 N–H and O–H groups in total. The highest BCUT2D eigenvalue weighted by molar-refractivity contribution is 6.04. The van der Waals surface area contributed by atoms with Crippen molar-refractivity contribution >= 4 is 34.7 Å². The summed E-state index contributed by atoms with van der Waals surface area (Å²) in [6.45, 7) is 1.99. The number of rotatable bonds is 6. The summed E-state index contributed by atoms with van der Waals surface area (Å²) < 4.78 is 0. The molecule has 0 atom stereocenters. The lowest BCUT2D eigenvalue weighted by Crippen LogP contribution is -2.11. The number of pyridine rings is 1. The fraction of sp³-hybridized carbons (Fsp3) is 0.0435. The molecule has 148 valence electrons. The van der Waals surface area contributed by atoms with Crippen molar-refractivity contribution in [1.29, 1.82) is 0 Å². The first kappa shape index (κ1) is 19.1. The van der Waals surface area contributed by atoms with E-state index in [9.17, 15) is 4.79 Å².